The second-order valence-corrected chi connectivity index (χ2v) is 6.44. The average molecular weight is 303 g/mol. The second kappa shape index (κ2) is 7.14. The predicted molar refractivity (Wildman–Crippen MR) is 84.9 cm³/mol. The van der Waals surface area contributed by atoms with E-state index in [0.717, 1.165) is 50.8 Å². The molecule has 22 heavy (non-hydrogen) atoms. The summed E-state index contributed by atoms with van der Waals surface area (Å²) < 4.78 is 11.1. The minimum absolute atomic E-state index is 0.0988. The molecule has 4 heteroatoms. The number of aryl methyl sites for hydroxylation is 1. The molecule has 0 spiro atoms. The monoisotopic (exact) mass is 303 g/mol. The molecule has 120 valence electrons. The van der Waals surface area contributed by atoms with E-state index in [4.69, 9.17) is 9.47 Å². The number of carbonyl (C=O) groups excluding carboxylic acids is 1. The zero-order valence-electron chi connectivity index (χ0n) is 13.3. The highest BCUT2D eigenvalue weighted by Gasteiger charge is 2.30. The summed E-state index contributed by atoms with van der Waals surface area (Å²) in [6.45, 7) is 5.71. The molecular weight excluding hydrogens is 278 g/mol. The number of piperidine rings is 1. The van der Waals surface area contributed by atoms with Crippen LogP contribution in [0.3, 0.4) is 0 Å². The van der Waals surface area contributed by atoms with Crippen molar-refractivity contribution in [2.75, 3.05) is 32.9 Å². The summed E-state index contributed by atoms with van der Waals surface area (Å²) in [6.07, 6.45) is 3.39. The molecule has 0 N–H and O–H groups in total. The number of hydrogen-bond acceptors (Lipinski definition) is 3. The van der Waals surface area contributed by atoms with Gasteiger partial charge in [-0.1, -0.05) is 17.7 Å². The maximum atomic E-state index is 12.2. The second-order valence-electron chi connectivity index (χ2n) is 6.44. The van der Waals surface area contributed by atoms with Gasteiger partial charge in [0.25, 0.3) is 5.91 Å². The SMILES string of the molecule is Cc1ccc(OCC(=O)N2CCC(C3CCOC3)CC2)cc1. The van der Waals surface area contributed by atoms with Crippen molar-refractivity contribution >= 4 is 5.91 Å². The molecule has 0 bridgehead atoms. The van der Waals surface area contributed by atoms with E-state index < -0.39 is 0 Å². The standard InChI is InChI=1S/C18H25NO3/c1-14-2-4-17(5-3-14)22-13-18(20)19-9-6-15(7-10-19)16-8-11-21-12-16/h2-5,15-16H,6-13H2,1H3. The quantitative estimate of drug-likeness (QED) is 0.858. The lowest BCUT2D eigenvalue weighted by atomic mass is 9.84. The first-order chi connectivity index (χ1) is 10.7. The lowest BCUT2D eigenvalue weighted by Crippen LogP contribution is -2.42. The Balaban J connectivity index is 1.42. The maximum Gasteiger partial charge on any atom is 0.260 e. The van der Waals surface area contributed by atoms with Gasteiger partial charge >= 0.3 is 0 Å². The van der Waals surface area contributed by atoms with Gasteiger partial charge in [0.2, 0.25) is 0 Å². The van der Waals surface area contributed by atoms with Crippen molar-refractivity contribution in [3.05, 3.63) is 29.8 Å². The zero-order valence-corrected chi connectivity index (χ0v) is 13.3. The summed E-state index contributed by atoms with van der Waals surface area (Å²) in [5.74, 6) is 2.30. The fourth-order valence-electron chi connectivity index (χ4n) is 3.42. The van der Waals surface area contributed by atoms with Gasteiger partial charge in [-0.05, 0) is 50.2 Å². The Morgan fingerprint density at radius 3 is 2.55 bits per heavy atom. The molecule has 1 atom stereocenters. The average Bonchev–Trinajstić information content (AvgIpc) is 3.09. The molecule has 0 saturated carbocycles. The fourth-order valence-corrected chi connectivity index (χ4v) is 3.42. The predicted octanol–water partition coefficient (Wildman–Crippen LogP) is 2.65. The van der Waals surface area contributed by atoms with E-state index in [1.54, 1.807) is 0 Å². The number of rotatable bonds is 4. The van der Waals surface area contributed by atoms with Crippen molar-refractivity contribution in [2.45, 2.75) is 26.2 Å². The van der Waals surface area contributed by atoms with Crippen molar-refractivity contribution < 1.29 is 14.3 Å². The Kier molecular flexibility index (Phi) is 4.98. The lowest BCUT2D eigenvalue weighted by Gasteiger charge is -2.34. The Labute approximate surface area is 132 Å². The van der Waals surface area contributed by atoms with Crippen molar-refractivity contribution in [1.82, 2.24) is 4.90 Å². The van der Waals surface area contributed by atoms with Crippen LogP contribution in [0, 0.1) is 18.8 Å². The van der Waals surface area contributed by atoms with Crippen LogP contribution in [0.15, 0.2) is 24.3 Å². The summed E-state index contributed by atoms with van der Waals surface area (Å²) >= 11 is 0. The third kappa shape index (κ3) is 3.80. The van der Waals surface area contributed by atoms with E-state index in [-0.39, 0.29) is 12.5 Å². The van der Waals surface area contributed by atoms with Gasteiger partial charge in [-0.15, -0.1) is 0 Å². The number of likely N-dealkylation sites (tertiary alicyclic amines) is 1. The number of benzene rings is 1. The minimum Gasteiger partial charge on any atom is -0.484 e. The van der Waals surface area contributed by atoms with Crippen LogP contribution >= 0.6 is 0 Å². The Hall–Kier alpha value is -1.55. The highest BCUT2D eigenvalue weighted by atomic mass is 16.5. The van der Waals surface area contributed by atoms with Gasteiger partial charge in [0.05, 0.1) is 0 Å². The zero-order chi connectivity index (χ0) is 15.4. The molecule has 0 aliphatic carbocycles. The van der Waals surface area contributed by atoms with Crippen molar-refractivity contribution in [2.24, 2.45) is 11.8 Å². The summed E-state index contributed by atoms with van der Waals surface area (Å²) in [5, 5.41) is 0. The molecule has 2 fully saturated rings. The molecule has 1 aromatic rings. The molecule has 2 saturated heterocycles. The van der Waals surface area contributed by atoms with Crippen molar-refractivity contribution in [3.8, 4) is 5.75 Å². The summed E-state index contributed by atoms with van der Waals surface area (Å²) in [4.78, 5) is 14.2. The highest BCUT2D eigenvalue weighted by Crippen LogP contribution is 2.30. The maximum absolute atomic E-state index is 12.2. The van der Waals surface area contributed by atoms with Gasteiger partial charge in [0.15, 0.2) is 6.61 Å². The molecule has 1 amide bonds. The van der Waals surface area contributed by atoms with Crippen LogP contribution in [0.5, 0.6) is 5.75 Å². The highest BCUT2D eigenvalue weighted by molar-refractivity contribution is 5.77. The molecule has 2 aliphatic heterocycles. The number of amides is 1. The van der Waals surface area contributed by atoms with Crippen LogP contribution in [0.4, 0.5) is 0 Å². The van der Waals surface area contributed by atoms with Crippen LogP contribution in [-0.2, 0) is 9.53 Å². The lowest BCUT2D eigenvalue weighted by molar-refractivity contribution is -0.135. The fraction of sp³-hybridized carbons (Fsp3) is 0.611. The first-order valence-electron chi connectivity index (χ1n) is 8.27. The van der Waals surface area contributed by atoms with Gasteiger partial charge in [0, 0.05) is 26.3 Å². The molecule has 0 radical (unpaired) electrons. The number of ether oxygens (including phenoxy) is 2. The van der Waals surface area contributed by atoms with Gasteiger partial charge in [0.1, 0.15) is 5.75 Å². The summed E-state index contributed by atoms with van der Waals surface area (Å²) in [5.41, 5.74) is 1.19. The molecular formula is C18H25NO3. The van der Waals surface area contributed by atoms with E-state index in [9.17, 15) is 4.79 Å². The molecule has 1 aromatic carbocycles. The van der Waals surface area contributed by atoms with Crippen LogP contribution < -0.4 is 4.74 Å². The van der Waals surface area contributed by atoms with E-state index >= 15 is 0 Å². The first-order valence-corrected chi connectivity index (χ1v) is 8.27. The van der Waals surface area contributed by atoms with Crippen molar-refractivity contribution in [3.63, 3.8) is 0 Å². The van der Waals surface area contributed by atoms with Gasteiger partial charge < -0.3 is 14.4 Å². The molecule has 0 aromatic heterocycles. The summed E-state index contributed by atoms with van der Waals surface area (Å²) in [6, 6.07) is 7.81. The molecule has 4 nitrogen and oxygen atoms in total. The molecule has 2 aliphatic rings. The smallest absolute Gasteiger partial charge is 0.260 e. The summed E-state index contributed by atoms with van der Waals surface area (Å²) in [7, 11) is 0. The van der Waals surface area contributed by atoms with Gasteiger partial charge in [-0.25, -0.2) is 0 Å². The van der Waals surface area contributed by atoms with Crippen LogP contribution in [0.25, 0.3) is 0 Å². The normalized spacial score (nSPS) is 22.8. The number of hydrogen-bond donors (Lipinski definition) is 0. The molecule has 3 rings (SSSR count). The molecule has 2 heterocycles. The number of nitrogens with zero attached hydrogens (tertiary/aromatic N) is 1. The van der Waals surface area contributed by atoms with E-state index in [0.29, 0.717) is 5.92 Å². The molecule has 1 unspecified atom stereocenters. The third-order valence-corrected chi connectivity index (χ3v) is 4.91. The van der Waals surface area contributed by atoms with Gasteiger partial charge in [-0.2, -0.15) is 0 Å². The Morgan fingerprint density at radius 2 is 1.91 bits per heavy atom. The van der Waals surface area contributed by atoms with Crippen LogP contribution in [0.1, 0.15) is 24.8 Å². The third-order valence-electron chi connectivity index (χ3n) is 4.91. The van der Waals surface area contributed by atoms with Crippen molar-refractivity contribution in [1.29, 1.82) is 0 Å². The van der Waals surface area contributed by atoms with Gasteiger partial charge in [-0.3, -0.25) is 4.79 Å². The topological polar surface area (TPSA) is 38.8 Å². The van der Waals surface area contributed by atoms with Crippen LogP contribution in [0.2, 0.25) is 0 Å². The number of carbonyl (C=O) groups is 1. The van der Waals surface area contributed by atoms with Crippen LogP contribution in [-0.4, -0.2) is 43.7 Å². The minimum atomic E-state index is 0.0988. The Bertz CT molecular complexity index is 486. The van der Waals surface area contributed by atoms with E-state index in [1.807, 2.05) is 36.1 Å². The van der Waals surface area contributed by atoms with E-state index in [2.05, 4.69) is 0 Å². The van der Waals surface area contributed by atoms with E-state index in [1.165, 1.54) is 12.0 Å². The Morgan fingerprint density at radius 1 is 1.18 bits per heavy atom. The first kappa shape index (κ1) is 15.3. The largest absolute Gasteiger partial charge is 0.484 e.